The molecular weight excluding hydrogens is 260 g/mol. The van der Waals surface area contributed by atoms with Crippen LogP contribution in [0.15, 0.2) is 24.3 Å². The van der Waals surface area contributed by atoms with Gasteiger partial charge in [0, 0.05) is 12.1 Å². The second kappa shape index (κ2) is 7.28. The monoisotopic (exact) mass is 284 g/mol. The third-order valence-electron chi connectivity index (χ3n) is 4.23. The Hall–Kier alpha value is -1.79. The Morgan fingerprint density at radius 3 is 2.71 bits per heavy atom. The molecule has 1 fully saturated rings. The van der Waals surface area contributed by atoms with Gasteiger partial charge in [0.25, 0.3) is 5.91 Å². The third-order valence-corrected chi connectivity index (χ3v) is 4.23. The maximum absolute atomic E-state index is 12.4. The van der Waals surface area contributed by atoms with E-state index in [9.17, 15) is 4.79 Å². The zero-order chi connectivity index (χ0) is 15.1. The van der Waals surface area contributed by atoms with E-state index in [1.165, 1.54) is 32.1 Å². The first-order chi connectivity index (χ1) is 10.1. The minimum absolute atomic E-state index is 0.0382. The molecule has 1 saturated carbocycles. The predicted molar refractivity (Wildman–Crippen MR) is 85.9 cm³/mol. The largest absolute Gasteiger partial charge is 0.351 e. The van der Waals surface area contributed by atoms with E-state index >= 15 is 0 Å². The van der Waals surface area contributed by atoms with Crippen LogP contribution in [-0.2, 0) is 0 Å². The van der Waals surface area contributed by atoms with E-state index < -0.39 is 0 Å². The highest BCUT2D eigenvalue weighted by atomic mass is 16.1. The van der Waals surface area contributed by atoms with Gasteiger partial charge in [0.1, 0.15) is 0 Å². The summed E-state index contributed by atoms with van der Waals surface area (Å²) >= 11 is 0. The number of nitrogens with one attached hydrogen (secondary N) is 1. The number of carbonyl (C=O) groups is 1. The molecule has 0 aromatic heterocycles. The summed E-state index contributed by atoms with van der Waals surface area (Å²) in [4.78, 5) is 12.4. The number of hydrogen-bond donors (Lipinski definition) is 2. The van der Waals surface area contributed by atoms with Crippen molar-refractivity contribution in [3.05, 3.63) is 35.4 Å². The zero-order valence-electron chi connectivity index (χ0n) is 12.7. The predicted octanol–water partition coefficient (Wildman–Crippen LogP) is 2.70. The lowest BCUT2D eigenvalue weighted by Crippen LogP contribution is -2.37. The number of hydrogen-bond acceptors (Lipinski definition) is 2. The molecule has 0 spiro atoms. The van der Waals surface area contributed by atoms with Crippen LogP contribution in [0, 0.1) is 17.3 Å². The van der Waals surface area contributed by atoms with Crippen LogP contribution in [0.4, 0.5) is 0 Å². The van der Waals surface area contributed by atoms with Crippen molar-refractivity contribution >= 4 is 5.91 Å². The molecule has 0 radical (unpaired) electrons. The van der Waals surface area contributed by atoms with Crippen LogP contribution in [0.3, 0.4) is 0 Å². The van der Waals surface area contributed by atoms with Crippen LogP contribution in [-0.4, -0.2) is 19.0 Å². The Labute approximate surface area is 127 Å². The van der Waals surface area contributed by atoms with Gasteiger partial charge in [0.05, 0.1) is 12.1 Å². The topological polar surface area (TPSA) is 55.1 Å². The van der Waals surface area contributed by atoms with Crippen molar-refractivity contribution in [3.63, 3.8) is 0 Å². The molecule has 1 aliphatic rings. The number of carbonyl (C=O) groups excluding carboxylic acids is 1. The van der Waals surface area contributed by atoms with Crippen molar-refractivity contribution in [1.82, 2.24) is 5.32 Å². The molecule has 1 amide bonds. The summed E-state index contributed by atoms with van der Waals surface area (Å²) in [7, 11) is 0. The summed E-state index contributed by atoms with van der Waals surface area (Å²) in [6.07, 6.45) is 6.25. The van der Waals surface area contributed by atoms with E-state index in [2.05, 4.69) is 24.1 Å². The van der Waals surface area contributed by atoms with E-state index in [1.807, 2.05) is 24.3 Å². The Morgan fingerprint density at radius 1 is 1.29 bits per heavy atom. The van der Waals surface area contributed by atoms with E-state index in [0.29, 0.717) is 12.1 Å². The summed E-state index contributed by atoms with van der Waals surface area (Å²) in [6, 6.07) is 7.43. The number of amides is 1. The number of benzene rings is 1. The molecule has 1 aromatic carbocycles. The van der Waals surface area contributed by atoms with Crippen molar-refractivity contribution in [2.45, 2.75) is 39.0 Å². The summed E-state index contributed by atoms with van der Waals surface area (Å²) in [5.41, 5.74) is 7.03. The second-order valence-corrected chi connectivity index (χ2v) is 6.11. The van der Waals surface area contributed by atoms with Crippen LogP contribution in [0.1, 0.15) is 54.9 Å². The van der Waals surface area contributed by atoms with Crippen molar-refractivity contribution < 1.29 is 4.79 Å². The molecule has 112 valence electrons. The summed E-state index contributed by atoms with van der Waals surface area (Å²) in [5, 5.41) is 3.09. The van der Waals surface area contributed by atoms with E-state index in [-0.39, 0.29) is 11.3 Å². The molecule has 3 N–H and O–H groups in total. The lowest BCUT2D eigenvalue weighted by molar-refractivity contribution is 0.0919. The van der Waals surface area contributed by atoms with Gasteiger partial charge in [-0.05, 0) is 30.4 Å². The Balaban J connectivity index is 2.03. The quantitative estimate of drug-likeness (QED) is 0.839. The molecule has 0 bridgehead atoms. The van der Waals surface area contributed by atoms with Crippen molar-refractivity contribution in [2.24, 2.45) is 11.1 Å². The van der Waals surface area contributed by atoms with Crippen molar-refractivity contribution in [1.29, 1.82) is 0 Å². The Bertz CT molecular complexity index is 548. The van der Waals surface area contributed by atoms with E-state index in [0.717, 1.165) is 12.1 Å². The molecule has 0 saturated heterocycles. The average Bonchev–Trinajstić information content (AvgIpc) is 2.52. The number of rotatable bonds is 3. The van der Waals surface area contributed by atoms with Crippen LogP contribution in [0.25, 0.3) is 0 Å². The van der Waals surface area contributed by atoms with Crippen LogP contribution in [0.5, 0.6) is 0 Å². The highest BCUT2D eigenvalue weighted by Gasteiger charge is 2.27. The fourth-order valence-corrected chi connectivity index (χ4v) is 2.91. The molecule has 0 unspecified atom stereocenters. The lowest BCUT2D eigenvalue weighted by Gasteiger charge is -2.33. The highest BCUT2D eigenvalue weighted by Crippen LogP contribution is 2.34. The molecule has 3 nitrogen and oxygen atoms in total. The molecule has 21 heavy (non-hydrogen) atoms. The molecular formula is C18H24N2O. The first-order valence-electron chi connectivity index (χ1n) is 7.71. The SMILES string of the molecule is CC1(CNC(=O)c2ccccc2C#CCN)CCCCC1. The summed E-state index contributed by atoms with van der Waals surface area (Å²) < 4.78 is 0. The van der Waals surface area contributed by atoms with Gasteiger partial charge in [0.15, 0.2) is 0 Å². The molecule has 0 atom stereocenters. The van der Waals surface area contributed by atoms with Gasteiger partial charge in [-0.3, -0.25) is 4.79 Å². The Morgan fingerprint density at radius 2 is 2.00 bits per heavy atom. The van der Waals surface area contributed by atoms with Crippen molar-refractivity contribution in [3.8, 4) is 11.8 Å². The van der Waals surface area contributed by atoms with Crippen LogP contribution < -0.4 is 11.1 Å². The Kier molecular flexibility index (Phi) is 5.41. The molecule has 1 aliphatic carbocycles. The molecule has 0 heterocycles. The van der Waals surface area contributed by atoms with Gasteiger partial charge in [-0.2, -0.15) is 0 Å². The van der Waals surface area contributed by atoms with E-state index in [4.69, 9.17) is 5.73 Å². The van der Waals surface area contributed by atoms with Gasteiger partial charge < -0.3 is 11.1 Å². The minimum Gasteiger partial charge on any atom is -0.351 e. The van der Waals surface area contributed by atoms with Crippen molar-refractivity contribution in [2.75, 3.05) is 13.1 Å². The van der Waals surface area contributed by atoms with E-state index in [1.54, 1.807) is 0 Å². The standard InChI is InChI=1S/C18H24N2O/c1-18(11-5-2-6-12-18)14-20-17(21)16-10-4-3-8-15(16)9-7-13-19/h3-4,8,10H,2,5-6,11-14,19H2,1H3,(H,20,21). The lowest BCUT2D eigenvalue weighted by atomic mass is 9.76. The first kappa shape index (κ1) is 15.6. The van der Waals surface area contributed by atoms with Crippen LogP contribution >= 0.6 is 0 Å². The minimum atomic E-state index is -0.0382. The van der Waals surface area contributed by atoms with Gasteiger partial charge in [0.2, 0.25) is 0 Å². The zero-order valence-corrected chi connectivity index (χ0v) is 12.7. The second-order valence-electron chi connectivity index (χ2n) is 6.11. The van der Waals surface area contributed by atoms with Gasteiger partial charge in [-0.15, -0.1) is 0 Å². The maximum atomic E-state index is 12.4. The molecule has 3 heteroatoms. The fraction of sp³-hybridized carbons (Fsp3) is 0.500. The first-order valence-corrected chi connectivity index (χ1v) is 7.71. The third kappa shape index (κ3) is 4.34. The van der Waals surface area contributed by atoms with Crippen LogP contribution in [0.2, 0.25) is 0 Å². The maximum Gasteiger partial charge on any atom is 0.252 e. The average molecular weight is 284 g/mol. The fourth-order valence-electron chi connectivity index (χ4n) is 2.91. The summed E-state index contributed by atoms with van der Waals surface area (Å²) in [5.74, 6) is 5.74. The highest BCUT2D eigenvalue weighted by molar-refractivity contribution is 5.96. The normalized spacial score (nSPS) is 16.7. The van der Waals surface area contributed by atoms with Gasteiger partial charge in [-0.25, -0.2) is 0 Å². The molecule has 1 aromatic rings. The number of nitrogens with two attached hydrogens (primary N) is 1. The van der Waals surface area contributed by atoms with Gasteiger partial charge in [-0.1, -0.05) is 50.2 Å². The van der Waals surface area contributed by atoms with Gasteiger partial charge >= 0.3 is 0 Å². The molecule has 2 rings (SSSR count). The smallest absolute Gasteiger partial charge is 0.252 e. The molecule has 0 aliphatic heterocycles. The summed E-state index contributed by atoms with van der Waals surface area (Å²) in [6.45, 7) is 3.31.